The van der Waals surface area contributed by atoms with E-state index < -0.39 is 0 Å². The van der Waals surface area contributed by atoms with E-state index in [1.165, 1.54) is 29.4 Å². The highest BCUT2D eigenvalue weighted by Crippen LogP contribution is 2.35. The summed E-state index contributed by atoms with van der Waals surface area (Å²) in [5, 5.41) is 43.7. The number of fused-ring (bicyclic) bond motifs is 5. The monoisotopic (exact) mass is 1880 g/mol. The minimum Gasteiger partial charge on any atom is -0.496 e. The second-order valence-electron chi connectivity index (χ2n) is 33.6. The first-order valence-electron chi connectivity index (χ1n) is 45.6. The summed E-state index contributed by atoms with van der Waals surface area (Å²) in [4.78, 5) is 105. The molecule has 139 heavy (non-hydrogen) atoms. The predicted octanol–water partition coefficient (Wildman–Crippen LogP) is 14.5. The van der Waals surface area contributed by atoms with Crippen LogP contribution in [0.2, 0.25) is 5.02 Å². The van der Waals surface area contributed by atoms with Crippen molar-refractivity contribution in [3.05, 3.63) is 293 Å². The van der Waals surface area contributed by atoms with Crippen molar-refractivity contribution in [1.29, 1.82) is 0 Å². The number of aromatic amines is 9. The average Bonchev–Trinajstić information content (AvgIpc) is 1.66. The topological polar surface area (TPSA) is 463 Å². The molecule has 39 heteroatoms. The number of morpholine rings is 4. The zero-order valence-corrected chi connectivity index (χ0v) is 76.4. The van der Waals surface area contributed by atoms with Gasteiger partial charge in [0, 0.05) is 120 Å². The molecule has 14 N–H and O–H groups in total. The highest BCUT2D eigenvalue weighted by atomic mass is 35.5. The number of hydrogen-bond donors (Lipinski definition) is 14. The lowest BCUT2D eigenvalue weighted by Gasteiger charge is -2.26. The van der Waals surface area contributed by atoms with Crippen molar-refractivity contribution in [3.8, 4) is 62.9 Å². The molecule has 15 heterocycles. The van der Waals surface area contributed by atoms with Crippen LogP contribution < -0.4 is 31.3 Å². The molecular weight excluding hydrogens is 1790 g/mol. The molecule has 8 aromatic carbocycles. The van der Waals surface area contributed by atoms with Gasteiger partial charge in [0.05, 0.1) is 163 Å². The number of nitrogens with one attached hydrogen (secondary N) is 14. The molecule has 4 aliphatic heterocycles. The zero-order chi connectivity index (χ0) is 94.3. The molecule has 0 unspecified atom stereocenters. The molecule has 4 fully saturated rings. The number of rotatable bonds is 25. The number of halogens is 1. The third-order valence-electron chi connectivity index (χ3n) is 24.1. The summed E-state index contributed by atoms with van der Waals surface area (Å²) in [7, 11) is 1.50. The van der Waals surface area contributed by atoms with Gasteiger partial charge < -0.3 is 75.2 Å². The van der Waals surface area contributed by atoms with Gasteiger partial charge in [-0.1, -0.05) is 109 Å². The fraction of sp³-hybridized carbons (Fsp3) is 0.220. The standard InChI is InChI=1S/C28H28N8O2.C28H26N6O2.C23H23ClN6O3.C21H21N9O2/c37-28(26-22(7-4-10-29-26)30-16-19-5-2-1-3-6-19)34-24-17-31-35-25(24)27-32-21-9-8-20(15-23(21)33-27)18-36-11-13-38-14-12-36;35-28(22-8-4-7-21(16-22)20-5-2-1-3-6-20)32-25-17-29-33-26(25)27-30-23-10-9-19(15-24(23)31-27)18-34-11-13-36-14-12-34;1-32-20-5-3-15(24)11-16(20)23(31)28-19-12-25-29-21(19)22-26-17-4-2-14(10-18(17)27-22)13-30-6-8-33-9-7-30;31-20(17-12-30-4-3-22-21(30)27-17)26-16-10-23-28-18(16)19-24-14-2-1-13(9-15(14)25-19)11-29-5-7-32-8-6-29/h1-10,15,17,30H,11-14,16,18H2,(H,31,35)(H,32,33)(H,34,37);1-10,15-17H,11-14,18H2,(H,29,33)(H,30,31)(H,32,35);2-5,10-12H,6-9,13H2,1H3,(H,25,29)(H,26,27)(H,28,31);1-4,9-10,12H,5-8,11H2,(H,22,27)(H,23,28)(H,24,25)(H,26,31). The van der Waals surface area contributed by atoms with Crippen LogP contribution in [0.5, 0.6) is 5.75 Å². The molecule has 4 amide bonds. The van der Waals surface area contributed by atoms with E-state index in [2.05, 4.69) is 180 Å². The molecule has 38 nitrogen and oxygen atoms in total. The Kier molecular flexibility index (Phi) is 27.6. The lowest BCUT2D eigenvalue weighted by Crippen LogP contribution is -2.35. The van der Waals surface area contributed by atoms with Gasteiger partial charge in [-0.25, -0.2) is 29.9 Å². The lowest BCUT2D eigenvalue weighted by atomic mass is 10.0. The van der Waals surface area contributed by atoms with Crippen molar-refractivity contribution in [2.75, 3.05) is 139 Å². The highest BCUT2D eigenvalue weighted by molar-refractivity contribution is 6.31. The molecular formula is C100H98ClN29O9. The van der Waals surface area contributed by atoms with Gasteiger partial charge in [0.1, 0.15) is 34.2 Å². The average molecular weight is 1890 g/mol. The SMILES string of the molecule is COc1ccc(Cl)cc1C(=O)Nc1cn[nH]c1-c1nc2ccc(CN3CCOCC3)cc2[nH]1.O=C(Nc1cn[nH]c1-c1nc2ccc(CN3CCOCC3)cc2[nH]1)c1cccc(-c2ccccc2)c1.O=C(Nc1cn[nH]c1-c1nc2ccc(CN3CCOCC3)cc2[nH]1)c1cn2ccnc2[nH]1.O=C(Nc1cn[nH]c1-c1nc2ccc(CN3CCOCC3)cc2[nH]1)c1ncccc1NCc1ccccc1. The smallest absolute Gasteiger partial charge is 0.276 e. The Labute approximate surface area is 799 Å². The van der Waals surface area contributed by atoms with Crippen LogP contribution in [0, 0.1) is 0 Å². The van der Waals surface area contributed by atoms with E-state index in [4.69, 9.17) is 45.3 Å². The van der Waals surface area contributed by atoms with Crippen LogP contribution in [-0.2, 0) is 51.7 Å². The number of nitrogens with zero attached hydrogens (tertiary/aromatic N) is 15. The number of hydrogen-bond acceptors (Lipinski definition) is 24. The van der Waals surface area contributed by atoms with Crippen LogP contribution in [0.3, 0.4) is 0 Å². The van der Waals surface area contributed by atoms with Gasteiger partial charge in [-0.3, -0.25) is 63.6 Å². The van der Waals surface area contributed by atoms with Crippen molar-refractivity contribution in [1.82, 2.24) is 120 Å². The molecule has 4 aliphatic rings. The van der Waals surface area contributed by atoms with Crippen LogP contribution in [0.1, 0.15) is 69.5 Å². The maximum Gasteiger partial charge on any atom is 0.276 e. The molecule has 11 aromatic heterocycles. The van der Waals surface area contributed by atoms with Gasteiger partial charge in [0.15, 0.2) is 29.0 Å². The maximum atomic E-state index is 13.2. The number of carbonyl (C=O) groups is 4. The third kappa shape index (κ3) is 21.9. The first-order chi connectivity index (χ1) is 68.3. The molecule has 4 saturated heterocycles. The predicted molar refractivity (Wildman–Crippen MR) is 528 cm³/mol. The Balaban J connectivity index is 0.000000114. The number of benzene rings is 8. The van der Waals surface area contributed by atoms with Crippen molar-refractivity contribution in [3.63, 3.8) is 0 Å². The fourth-order valence-corrected chi connectivity index (χ4v) is 17.1. The third-order valence-corrected chi connectivity index (χ3v) is 24.4. The van der Waals surface area contributed by atoms with Crippen LogP contribution in [-0.4, -0.2) is 256 Å². The van der Waals surface area contributed by atoms with Crippen molar-refractivity contribution >= 4 is 114 Å². The molecule has 0 bridgehead atoms. The summed E-state index contributed by atoms with van der Waals surface area (Å²) in [6.45, 7) is 17.7. The largest absolute Gasteiger partial charge is 0.496 e. The van der Waals surface area contributed by atoms with Crippen molar-refractivity contribution in [2.24, 2.45) is 0 Å². The number of aromatic nitrogens is 20. The summed E-state index contributed by atoms with van der Waals surface area (Å²) in [6, 6.07) is 61.0. The first kappa shape index (κ1) is 90.6. The molecule has 0 saturated carbocycles. The zero-order valence-electron chi connectivity index (χ0n) is 75.6. The van der Waals surface area contributed by atoms with Crippen molar-refractivity contribution < 1.29 is 42.9 Å². The number of anilines is 5. The normalized spacial score (nSPS) is 14.4. The second kappa shape index (κ2) is 42.4. The summed E-state index contributed by atoms with van der Waals surface area (Å²) >= 11 is 6.07. The van der Waals surface area contributed by atoms with Crippen LogP contribution in [0.25, 0.3) is 107 Å². The molecule has 0 spiro atoms. The van der Waals surface area contributed by atoms with Gasteiger partial charge in [0.25, 0.3) is 23.6 Å². The second-order valence-corrected chi connectivity index (χ2v) is 34.0. The van der Waals surface area contributed by atoms with Crippen LogP contribution in [0.15, 0.2) is 238 Å². The number of pyridine rings is 1. The summed E-state index contributed by atoms with van der Waals surface area (Å²) in [5.41, 5.74) is 21.9. The summed E-state index contributed by atoms with van der Waals surface area (Å²) in [6.07, 6.45) is 13.0. The number of H-pyrrole nitrogens is 9. The van der Waals surface area contributed by atoms with Crippen LogP contribution in [0.4, 0.5) is 28.4 Å². The Hall–Kier alpha value is -16.2. The number of methoxy groups -OCH3 is 1. The molecule has 704 valence electrons. The number of ether oxygens (including phenoxy) is 5. The minimum atomic E-state index is -0.360. The Morgan fingerprint density at radius 3 is 1.24 bits per heavy atom. The van der Waals surface area contributed by atoms with E-state index in [1.807, 2.05) is 109 Å². The fourth-order valence-electron chi connectivity index (χ4n) is 16.9. The van der Waals surface area contributed by atoms with E-state index in [-0.39, 0.29) is 23.6 Å². The minimum absolute atomic E-state index is 0.209. The van der Waals surface area contributed by atoms with E-state index in [0.717, 1.165) is 192 Å². The Morgan fingerprint density at radius 2 is 0.806 bits per heavy atom. The van der Waals surface area contributed by atoms with E-state index in [9.17, 15) is 19.2 Å². The van der Waals surface area contributed by atoms with E-state index >= 15 is 0 Å². The molecule has 0 atom stereocenters. The molecule has 19 aromatic rings. The maximum absolute atomic E-state index is 13.2. The highest BCUT2D eigenvalue weighted by Gasteiger charge is 2.26. The van der Waals surface area contributed by atoms with Gasteiger partial charge in [0.2, 0.25) is 5.78 Å². The Bertz CT molecular complexity index is 7470. The van der Waals surface area contributed by atoms with Gasteiger partial charge in [-0.2, -0.15) is 20.4 Å². The molecule has 0 aliphatic carbocycles. The summed E-state index contributed by atoms with van der Waals surface area (Å²) in [5.74, 6) is 2.25. The summed E-state index contributed by atoms with van der Waals surface area (Å²) < 4.78 is 28.8. The van der Waals surface area contributed by atoms with Crippen LogP contribution >= 0.6 is 11.6 Å². The first-order valence-corrected chi connectivity index (χ1v) is 46.0. The van der Waals surface area contributed by atoms with Gasteiger partial charge in [-0.05, 0) is 130 Å². The van der Waals surface area contributed by atoms with E-state index in [1.54, 1.807) is 84.3 Å². The molecule has 0 radical (unpaired) electrons. The number of imidazole rings is 6. The lowest BCUT2D eigenvalue weighted by molar-refractivity contribution is 0.0341. The quantitative estimate of drug-likeness (QED) is 0.0253. The van der Waals surface area contributed by atoms with Gasteiger partial charge >= 0.3 is 0 Å². The van der Waals surface area contributed by atoms with E-state index in [0.29, 0.717) is 120 Å². The number of amides is 4. The Morgan fingerprint density at radius 1 is 0.388 bits per heavy atom. The number of carbonyl (C=O) groups excluding carboxylic acids is 4. The molecule has 23 rings (SSSR count). The van der Waals surface area contributed by atoms with Gasteiger partial charge in [-0.15, -0.1) is 0 Å². The van der Waals surface area contributed by atoms with Crippen molar-refractivity contribution in [2.45, 2.75) is 32.7 Å².